The second-order valence-electron chi connectivity index (χ2n) is 9.30. The molecule has 6 aromatic rings. The number of nitrogens with one attached hydrogen (secondary N) is 2. The first-order valence-corrected chi connectivity index (χ1v) is 14.2. The average molecular weight is 534 g/mol. The lowest BCUT2D eigenvalue weighted by molar-refractivity contribution is 0.589. The van der Waals surface area contributed by atoms with Gasteiger partial charge in [0.25, 0.3) is 10.0 Å². The van der Waals surface area contributed by atoms with Crippen LogP contribution >= 0.6 is 0 Å². The lowest BCUT2D eigenvalue weighted by Crippen LogP contribution is -2.31. The Bertz CT molecular complexity index is 1800. The van der Waals surface area contributed by atoms with Crippen LogP contribution in [0.2, 0.25) is 0 Å². The number of H-pyrrole nitrogens is 1. The van der Waals surface area contributed by atoms with E-state index in [1.165, 1.54) is 9.87 Å². The van der Waals surface area contributed by atoms with Crippen molar-refractivity contribution in [3.63, 3.8) is 0 Å². The topological polar surface area (TPSA) is 91.0 Å². The molecule has 0 bridgehead atoms. The minimum Gasteiger partial charge on any atom is -0.340 e. The van der Waals surface area contributed by atoms with Gasteiger partial charge in [0, 0.05) is 24.7 Å². The number of anilines is 1. The normalized spacial score (nSPS) is 11.7. The van der Waals surface area contributed by atoms with E-state index in [0.717, 1.165) is 28.5 Å². The zero-order valence-corrected chi connectivity index (χ0v) is 22.0. The summed E-state index contributed by atoms with van der Waals surface area (Å²) in [7, 11) is -3.95. The van der Waals surface area contributed by atoms with Gasteiger partial charge in [-0.15, -0.1) is 0 Å². The molecule has 194 valence electrons. The van der Waals surface area contributed by atoms with E-state index in [1.54, 1.807) is 24.4 Å². The number of hydrogen-bond acceptors (Lipinski definition) is 5. The maximum Gasteiger partial charge on any atom is 0.264 e. The quantitative estimate of drug-likeness (QED) is 0.245. The monoisotopic (exact) mass is 533 g/mol. The molecule has 2 aromatic heterocycles. The number of rotatable bonds is 9. The predicted molar refractivity (Wildman–Crippen MR) is 155 cm³/mol. The highest BCUT2D eigenvalue weighted by atomic mass is 32.2. The van der Waals surface area contributed by atoms with Gasteiger partial charge in [0.2, 0.25) is 0 Å². The molecule has 0 atom stereocenters. The molecule has 4 aromatic carbocycles. The van der Waals surface area contributed by atoms with Gasteiger partial charge in [0.05, 0.1) is 33.7 Å². The number of aromatic amines is 1. The van der Waals surface area contributed by atoms with E-state index in [1.807, 2.05) is 78.9 Å². The number of nitrogens with zero attached hydrogens (tertiary/aromatic N) is 3. The lowest BCUT2D eigenvalue weighted by Gasteiger charge is -2.24. The third-order valence-corrected chi connectivity index (χ3v) is 8.40. The molecule has 0 saturated heterocycles. The molecule has 0 spiro atoms. The van der Waals surface area contributed by atoms with Gasteiger partial charge in [-0.25, -0.2) is 13.4 Å². The number of aromatic nitrogens is 3. The molecule has 8 heteroatoms. The maximum absolute atomic E-state index is 14.1. The molecule has 2 N–H and O–H groups in total. The Hall–Kier alpha value is -4.53. The van der Waals surface area contributed by atoms with Crippen molar-refractivity contribution in [2.45, 2.75) is 24.5 Å². The van der Waals surface area contributed by atoms with Gasteiger partial charge in [-0.2, -0.15) is 0 Å². The number of hydrogen-bond donors (Lipinski definition) is 2. The number of pyridine rings is 1. The van der Waals surface area contributed by atoms with Gasteiger partial charge in [-0.05, 0) is 47.5 Å². The lowest BCUT2D eigenvalue weighted by atomic mass is 10.2. The Morgan fingerprint density at radius 3 is 2.26 bits per heavy atom. The molecule has 0 aliphatic heterocycles. The van der Waals surface area contributed by atoms with Gasteiger partial charge >= 0.3 is 0 Å². The van der Waals surface area contributed by atoms with E-state index in [2.05, 4.69) is 32.4 Å². The average Bonchev–Trinajstić information content (AvgIpc) is 3.39. The molecular weight excluding hydrogens is 506 g/mol. The third kappa shape index (κ3) is 5.25. The van der Waals surface area contributed by atoms with Gasteiger partial charge in [-0.1, -0.05) is 72.8 Å². The number of fused-ring (bicyclic) bond motifs is 2. The first kappa shape index (κ1) is 24.8. The SMILES string of the molecule is O=S(=O)(c1ccc(CNCc2ccccc2)cc1)N(Cc1nc2ccccc2[nH]1)c1cccc2cccnc12. The molecule has 0 saturated carbocycles. The highest BCUT2D eigenvalue weighted by Gasteiger charge is 2.28. The zero-order valence-electron chi connectivity index (χ0n) is 21.2. The molecule has 0 aliphatic carbocycles. The third-order valence-electron chi connectivity index (χ3n) is 6.62. The molecular formula is C31H27N5O2S. The van der Waals surface area contributed by atoms with Crippen molar-refractivity contribution < 1.29 is 8.42 Å². The summed E-state index contributed by atoms with van der Waals surface area (Å²) in [6.07, 6.45) is 1.68. The summed E-state index contributed by atoms with van der Waals surface area (Å²) in [5.74, 6) is 0.550. The minimum absolute atomic E-state index is 0.0348. The number of para-hydroxylation sites is 3. The molecule has 7 nitrogen and oxygen atoms in total. The van der Waals surface area contributed by atoms with E-state index in [4.69, 9.17) is 0 Å². The van der Waals surface area contributed by atoms with Crippen molar-refractivity contribution >= 4 is 37.6 Å². The Kier molecular flexibility index (Phi) is 6.79. The molecule has 0 amide bonds. The van der Waals surface area contributed by atoms with Crippen molar-refractivity contribution in [3.05, 3.63) is 132 Å². The minimum atomic E-state index is -3.95. The summed E-state index contributed by atoms with van der Waals surface area (Å²) in [6.45, 7) is 1.40. The molecule has 0 unspecified atom stereocenters. The smallest absolute Gasteiger partial charge is 0.264 e. The van der Waals surface area contributed by atoms with E-state index in [-0.39, 0.29) is 11.4 Å². The summed E-state index contributed by atoms with van der Waals surface area (Å²) in [4.78, 5) is 12.6. The largest absolute Gasteiger partial charge is 0.340 e. The summed E-state index contributed by atoms with van der Waals surface area (Å²) in [6, 6.07) is 34.2. The second kappa shape index (κ2) is 10.7. The fourth-order valence-corrected chi connectivity index (χ4v) is 6.09. The van der Waals surface area contributed by atoms with Crippen LogP contribution in [0.3, 0.4) is 0 Å². The van der Waals surface area contributed by atoms with Crippen molar-refractivity contribution in [1.29, 1.82) is 0 Å². The first-order chi connectivity index (χ1) is 19.1. The van der Waals surface area contributed by atoms with E-state index < -0.39 is 10.0 Å². The first-order valence-electron chi connectivity index (χ1n) is 12.7. The standard InChI is InChI=1S/C31H27N5O2S/c37-39(38,26-17-15-24(16-18-26)21-32-20-23-8-2-1-3-9-23)36(22-30-34-27-12-4-5-13-28(27)35-30)29-14-6-10-25-11-7-19-33-31(25)29/h1-19,32H,20-22H2,(H,34,35). The zero-order chi connectivity index (χ0) is 26.7. The van der Waals surface area contributed by atoms with E-state index in [9.17, 15) is 8.42 Å². The molecule has 0 aliphatic rings. The van der Waals surface area contributed by atoms with Crippen molar-refractivity contribution in [3.8, 4) is 0 Å². The van der Waals surface area contributed by atoms with Crippen LogP contribution in [0.4, 0.5) is 5.69 Å². The molecule has 2 heterocycles. The van der Waals surface area contributed by atoms with E-state index in [0.29, 0.717) is 23.6 Å². The van der Waals surface area contributed by atoms with Crippen LogP contribution in [0.25, 0.3) is 21.9 Å². The van der Waals surface area contributed by atoms with Gasteiger partial charge in [0.15, 0.2) is 0 Å². The van der Waals surface area contributed by atoms with Crippen molar-refractivity contribution in [1.82, 2.24) is 20.3 Å². The summed E-state index contributed by atoms with van der Waals surface area (Å²) in [5.41, 5.74) is 4.95. The highest BCUT2D eigenvalue weighted by molar-refractivity contribution is 7.92. The fraction of sp³-hybridized carbons (Fsp3) is 0.0968. The van der Waals surface area contributed by atoms with E-state index >= 15 is 0 Å². The Balaban J connectivity index is 1.32. The van der Waals surface area contributed by atoms with Crippen LogP contribution in [0, 0.1) is 0 Å². The van der Waals surface area contributed by atoms with Crippen LogP contribution in [0.5, 0.6) is 0 Å². The molecule has 39 heavy (non-hydrogen) atoms. The van der Waals surface area contributed by atoms with Crippen molar-refractivity contribution in [2.24, 2.45) is 0 Å². The fourth-order valence-electron chi connectivity index (χ4n) is 4.66. The highest BCUT2D eigenvalue weighted by Crippen LogP contribution is 2.31. The molecule has 0 fully saturated rings. The predicted octanol–water partition coefficient (Wildman–Crippen LogP) is 5.80. The van der Waals surface area contributed by atoms with Crippen LogP contribution in [-0.2, 0) is 29.7 Å². The number of sulfonamides is 1. The second-order valence-corrected chi connectivity index (χ2v) is 11.2. The summed E-state index contributed by atoms with van der Waals surface area (Å²) >= 11 is 0. The van der Waals surface area contributed by atoms with Gasteiger partial charge in [0.1, 0.15) is 5.82 Å². The summed E-state index contributed by atoms with van der Waals surface area (Å²) < 4.78 is 29.7. The van der Waals surface area contributed by atoms with Gasteiger partial charge in [-0.3, -0.25) is 9.29 Å². The summed E-state index contributed by atoms with van der Waals surface area (Å²) in [5, 5.41) is 4.27. The van der Waals surface area contributed by atoms with Crippen LogP contribution in [0.1, 0.15) is 17.0 Å². The van der Waals surface area contributed by atoms with Gasteiger partial charge < -0.3 is 10.3 Å². The number of benzene rings is 4. The molecule has 6 rings (SSSR count). The Labute approximate surface area is 227 Å². The maximum atomic E-state index is 14.1. The van der Waals surface area contributed by atoms with Crippen LogP contribution in [-0.4, -0.2) is 23.4 Å². The van der Waals surface area contributed by atoms with Crippen LogP contribution < -0.4 is 9.62 Å². The van der Waals surface area contributed by atoms with Crippen LogP contribution in [0.15, 0.2) is 120 Å². The molecule has 0 radical (unpaired) electrons. The Morgan fingerprint density at radius 1 is 0.744 bits per heavy atom. The Morgan fingerprint density at radius 2 is 1.46 bits per heavy atom. The number of imidazole rings is 1. The van der Waals surface area contributed by atoms with Crippen molar-refractivity contribution in [2.75, 3.05) is 4.31 Å².